The Kier molecular flexibility index (Phi) is 5.73. The molecule has 2 atom stereocenters. The van der Waals surface area contributed by atoms with E-state index in [1.165, 1.54) is 25.3 Å². The van der Waals surface area contributed by atoms with Crippen LogP contribution in [-0.2, 0) is 4.79 Å². The molecule has 2 rings (SSSR count). The quantitative estimate of drug-likeness (QED) is 0.484. The standard InChI is InChI=1S/C16H20N2O6/c1-24-14-9-10(7-8-13(14)18(22)23)15(19)17-12-6-4-2-3-5-11(12)16(20)21/h7-9,11-12H,2-6H2,1H3,(H,17,19)(H,20,21)/t11-,12+/m1/s1. The van der Waals surface area contributed by atoms with Crippen molar-refractivity contribution in [2.24, 2.45) is 5.92 Å². The molecule has 8 nitrogen and oxygen atoms in total. The van der Waals surface area contributed by atoms with Gasteiger partial charge in [0, 0.05) is 23.7 Å². The zero-order chi connectivity index (χ0) is 17.7. The van der Waals surface area contributed by atoms with E-state index in [-0.39, 0.29) is 17.0 Å². The highest BCUT2D eigenvalue weighted by Gasteiger charge is 2.31. The second-order valence-electron chi connectivity index (χ2n) is 5.81. The third-order valence-corrected chi connectivity index (χ3v) is 4.29. The van der Waals surface area contributed by atoms with Crippen LogP contribution in [0.3, 0.4) is 0 Å². The van der Waals surface area contributed by atoms with Gasteiger partial charge in [-0.2, -0.15) is 0 Å². The lowest BCUT2D eigenvalue weighted by Gasteiger charge is -2.23. The summed E-state index contributed by atoms with van der Waals surface area (Å²) in [6, 6.07) is 3.39. The molecule has 0 radical (unpaired) electrons. The summed E-state index contributed by atoms with van der Waals surface area (Å²) in [6.07, 6.45) is 3.77. The molecule has 1 fully saturated rings. The Hall–Kier alpha value is -2.64. The molecule has 2 N–H and O–H groups in total. The van der Waals surface area contributed by atoms with Crippen molar-refractivity contribution in [3.05, 3.63) is 33.9 Å². The molecule has 130 valence electrons. The molecule has 0 heterocycles. The van der Waals surface area contributed by atoms with Crippen LogP contribution < -0.4 is 10.1 Å². The number of carboxylic acid groups (broad SMARTS) is 1. The van der Waals surface area contributed by atoms with E-state index in [0.29, 0.717) is 12.8 Å². The van der Waals surface area contributed by atoms with Crippen LogP contribution in [-0.4, -0.2) is 35.1 Å². The molecule has 1 aromatic carbocycles. The Bertz CT molecular complexity index is 645. The number of carbonyl (C=O) groups excluding carboxylic acids is 1. The highest BCUT2D eigenvalue weighted by molar-refractivity contribution is 5.95. The Morgan fingerprint density at radius 3 is 2.62 bits per heavy atom. The van der Waals surface area contributed by atoms with E-state index in [0.717, 1.165) is 19.3 Å². The van der Waals surface area contributed by atoms with Crippen LogP contribution in [0.15, 0.2) is 18.2 Å². The number of carbonyl (C=O) groups is 2. The molecule has 0 aromatic heterocycles. The highest BCUT2D eigenvalue weighted by Crippen LogP contribution is 2.28. The zero-order valence-electron chi connectivity index (χ0n) is 13.4. The predicted molar refractivity (Wildman–Crippen MR) is 85.1 cm³/mol. The minimum absolute atomic E-state index is 0.0108. The largest absolute Gasteiger partial charge is 0.490 e. The van der Waals surface area contributed by atoms with Gasteiger partial charge in [0.15, 0.2) is 5.75 Å². The van der Waals surface area contributed by atoms with Gasteiger partial charge >= 0.3 is 11.7 Å². The van der Waals surface area contributed by atoms with Crippen molar-refractivity contribution < 1.29 is 24.4 Å². The Morgan fingerprint density at radius 1 is 1.29 bits per heavy atom. The lowest BCUT2D eigenvalue weighted by Crippen LogP contribution is -2.42. The van der Waals surface area contributed by atoms with Crippen LogP contribution in [0.25, 0.3) is 0 Å². The monoisotopic (exact) mass is 336 g/mol. The zero-order valence-corrected chi connectivity index (χ0v) is 13.4. The summed E-state index contributed by atoms with van der Waals surface area (Å²) in [7, 11) is 1.29. The van der Waals surface area contributed by atoms with E-state index < -0.39 is 28.8 Å². The van der Waals surface area contributed by atoms with Gasteiger partial charge in [0.1, 0.15) is 0 Å². The predicted octanol–water partition coefficient (Wildman–Crippen LogP) is 2.37. The van der Waals surface area contributed by atoms with E-state index in [2.05, 4.69) is 5.32 Å². The van der Waals surface area contributed by atoms with Gasteiger partial charge in [0.2, 0.25) is 0 Å². The number of hydrogen-bond donors (Lipinski definition) is 2. The fourth-order valence-electron chi connectivity index (χ4n) is 3.00. The second kappa shape index (κ2) is 7.76. The maximum Gasteiger partial charge on any atom is 0.310 e. The third-order valence-electron chi connectivity index (χ3n) is 4.29. The van der Waals surface area contributed by atoms with Crippen molar-refractivity contribution in [2.75, 3.05) is 7.11 Å². The first kappa shape index (κ1) is 17.7. The summed E-state index contributed by atoms with van der Waals surface area (Å²) in [5, 5.41) is 23.0. The molecule has 0 saturated heterocycles. The van der Waals surface area contributed by atoms with Gasteiger partial charge in [-0.25, -0.2) is 0 Å². The number of carboxylic acids is 1. The average Bonchev–Trinajstić information content (AvgIpc) is 2.79. The smallest absolute Gasteiger partial charge is 0.310 e. The van der Waals surface area contributed by atoms with Crippen molar-refractivity contribution in [3.8, 4) is 5.75 Å². The number of nitrogens with one attached hydrogen (secondary N) is 1. The number of amides is 1. The lowest BCUT2D eigenvalue weighted by molar-refractivity contribution is -0.385. The Balaban J connectivity index is 2.18. The van der Waals surface area contributed by atoms with Gasteiger partial charge in [-0.3, -0.25) is 19.7 Å². The fourth-order valence-corrected chi connectivity index (χ4v) is 3.00. The van der Waals surface area contributed by atoms with Crippen LogP contribution in [0.4, 0.5) is 5.69 Å². The normalized spacial score (nSPS) is 20.7. The molecule has 8 heteroatoms. The van der Waals surface area contributed by atoms with E-state index in [1.54, 1.807) is 0 Å². The number of nitro benzene ring substituents is 1. The number of aliphatic carboxylic acids is 1. The molecule has 24 heavy (non-hydrogen) atoms. The third kappa shape index (κ3) is 4.01. The van der Waals surface area contributed by atoms with E-state index >= 15 is 0 Å². The molecule has 1 aliphatic rings. The van der Waals surface area contributed by atoms with Crippen LogP contribution in [0, 0.1) is 16.0 Å². The van der Waals surface area contributed by atoms with Crippen molar-refractivity contribution in [3.63, 3.8) is 0 Å². The summed E-state index contributed by atoms with van der Waals surface area (Å²) in [4.78, 5) is 34.1. The number of methoxy groups -OCH3 is 1. The Labute approximate surface area is 139 Å². The molecular formula is C16H20N2O6. The Morgan fingerprint density at radius 2 is 2.00 bits per heavy atom. The first-order chi connectivity index (χ1) is 11.4. The number of rotatable bonds is 5. The van der Waals surface area contributed by atoms with Crippen LogP contribution in [0.2, 0.25) is 0 Å². The second-order valence-corrected chi connectivity index (χ2v) is 5.81. The number of hydrogen-bond acceptors (Lipinski definition) is 5. The summed E-state index contributed by atoms with van der Waals surface area (Å²) in [5.41, 5.74) is -0.0298. The van der Waals surface area contributed by atoms with Gasteiger partial charge in [-0.05, 0) is 18.9 Å². The molecule has 1 amide bonds. The molecule has 1 aromatic rings. The number of ether oxygens (including phenoxy) is 1. The molecule has 0 bridgehead atoms. The van der Waals surface area contributed by atoms with Crippen molar-refractivity contribution >= 4 is 17.6 Å². The number of nitrogens with zero attached hydrogens (tertiary/aromatic N) is 1. The molecule has 1 saturated carbocycles. The number of benzene rings is 1. The van der Waals surface area contributed by atoms with Crippen molar-refractivity contribution in [2.45, 2.75) is 38.1 Å². The van der Waals surface area contributed by atoms with Gasteiger partial charge in [-0.1, -0.05) is 19.3 Å². The molecular weight excluding hydrogens is 316 g/mol. The summed E-state index contributed by atoms with van der Waals surface area (Å²) in [5.74, 6) is -2.00. The molecule has 0 aliphatic heterocycles. The highest BCUT2D eigenvalue weighted by atomic mass is 16.6. The fraction of sp³-hybridized carbons (Fsp3) is 0.500. The molecule has 0 spiro atoms. The van der Waals surface area contributed by atoms with Crippen molar-refractivity contribution in [1.82, 2.24) is 5.32 Å². The minimum Gasteiger partial charge on any atom is -0.490 e. The maximum atomic E-state index is 12.4. The topological polar surface area (TPSA) is 119 Å². The summed E-state index contributed by atoms with van der Waals surface area (Å²) < 4.78 is 4.95. The maximum absolute atomic E-state index is 12.4. The first-order valence-electron chi connectivity index (χ1n) is 7.80. The summed E-state index contributed by atoms with van der Waals surface area (Å²) in [6.45, 7) is 0. The van der Waals surface area contributed by atoms with E-state index in [4.69, 9.17) is 4.74 Å². The average molecular weight is 336 g/mol. The minimum atomic E-state index is -0.913. The van der Waals surface area contributed by atoms with Gasteiger partial charge in [0.05, 0.1) is 18.0 Å². The van der Waals surface area contributed by atoms with Crippen LogP contribution in [0.1, 0.15) is 42.5 Å². The number of nitro groups is 1. The van der Waals surface area contributed by atoms with Crippen LogP contribution in [0.5, 0.6) is 5.75 Å². The van der Waals surface area contributed by atoms with Crippen molar-refractivity contribution in [1.29, 1.82) is 0 Å². The van der Waals surface area contributed by atoms with Gasteiger partial charge in [0.25, 0.3) is 5.91 Å². The van der Waals surface area contributed by atoms with E-state index in [9.17, 15) is 24.8 Å². The van der Waals surface area contributed by atoms with Gasteiger partial charge in [-0.15, -0.1) is 0 Å². The molecule has 0 unspecified atom stereocenters. The lowest BCUT2D eigenvalue weighted by atomic mass is 9.94. The summed E-state index contributed by atoms with van der Waals surface area (Å²) >= 11 is 0. The SMILES string of the molecule is COc1cc(C(=O)N[C@H]2CCCCC[C@H]2C(=O)O)ccc1[N+](=O)[O-]. The first-order valence-corrected chi connectivity index (χ1v) is 7.80. The van der Waals surface area contributed by atoms with E-state index in [1.807, 2.05) is 0 Å². The molecule has 1 aliphatic carbocycles. The van der Waals surface area contributed by atoms with Gasteiger partial charge < -0.3 is 15.2 Å². The van der Waals surface area contributed by atoms with Crippen LogP contribution >= 0.6 is 0 Å².